The molecule has 5 nitrogen and oxygen atoms in total. The van der Waals surface area contributed by atoms with Crippen LogP contribution in [0.25, 0.3) is 0 Å². The van der Waals surface area contributed by atoms with Gasteiger partial charge >= 0.3 is 5.97 Å². The van der Waals surface area contributed by atoms with Gasteiger partial charge in [0.05, 0.1) is 12.6 Å². The average molecular weight is 300 g/mol. The summed E-state index contributed by atoms with van der Waals surface area (Å²) in [7, 11) is 0. The third-order valence-electron chi connectivity index (χ3n) is 4.56. The van der Waals surface area contributed by atoms with Crippen molar-refractivity contribution in [2.24, 2.45) is 5.92 Å². The molecule has 1 aliphatic carbocycles. The van der Waals surface area contributed by atoms with E-state index in [2.05, 4.69) is 17.5 Å². The van der Waals surface area contributed by atoms with Crippen LogP contribution in [0.3, 0.4) is 0 Å². The van der Waals surface area contributed by atoms with Gasteiger partial charge in [0.15, 0.2) is 0 Å². The number of esters is 1. The van der Waals surface area contributed by atoms with E-state index in [9.17, 15) is 14.7 Å². The molecule has 0 radical (unpaired) electrons. The first-order chi connectivity index (χ1) is 10.5. The molecule has 3 rings (SSSR count). The SMILES string of the molecule is CCOC(=O)[C@H]1Nc2c(ccc(C(=O)[O-])c2C)[C@H]2C=CC[C@@H]12. The van der Waals surface area contributed by atoms with E-state index in [1.54, 1.807) is 19.9 Å². The quantitative estimate of drug-likeness (QED) is 0.674. The maximum atomic E-state index is 12.2. The third-order valence-corrected chi connectivity index (χ3v) is 4.56. The number of carboxylic acids is 1. The number of nitrogens with one attached hydrogen (secondary N) is 1. The summed E-state index contributed by atoms with van der Waals surface area (Å²) in [6.07, 6.45) is 4.97. The van der Waals surface area contributed by atoms with Crippen molar-refractivity contribution in [2.45, 2.75) is 32.2 Å². The third kappa shape index (κ3) is 2.17. The van der Waals surface area contributed by atoms with Crippen LogP contribution < -0.4 is 10.4 Å². The number of aromatic carboxylic acids is 1. The van der Waals surface area contributed by atoms with Crippen LogP contribution in [0, 0.1) is 12.8 Å². The largest absolute Gasteiger partial charge is 0.545 e. The van der Waals surface area contributed by atoms with Crippen molar-refractivity contribution >= 4 is 17.6 Å². The molecule has 1 aromatic rings. The zero-order valence-electron chi connectivity index (χ0n) is 12.6. The predicted molar refractivity (Wildman–Crippen MR) is 79.5 cm³/mol. The first-order valence-electron chi connectivity index (χ1n) is 7.49. The highest BCUT2D eigenvalue weighted by atomic mass is 16.5. The van der Waals surface area contributed by atoms with Gasteiger partial charge in [0.25, 0.3) is 0 Å². The number of hydrogen-bond donors (Lipinski definition) is 1. The smallest absolute Gasteiger partial charge is 0.328 e. The van der Waals surface area contributed by atoms with Crippen LogP contribution in [0.15, 0.2) is 24.3 Å². The summed E-state index contributed by atoms with van der Waals surface area (Å²) < 4.78 is 5.16. The van der Waals surface area contributed by atoms with E-state index in [1.807, 2.05) is 6.07 Å². The van der Waals surface area contributed by atoms with Crippen LogP contribution in [0.5, 0.6) is 0 Å². The van der Waals surface area contributed by atoms with Gasteiger partial charge in [-0.15, -0.1) is 0 Å². The van der Waals surface area contributed by atoms with Crippen molar-refractivity contribution in [1.82, 2.24) is 0 Å². The Balaban J connectivity index is 2.06. The summed E-state index contributed by atoms with van der Waals surface area (Å²) in [6.45, 7) is 3.84. The summed E-state index contributed by atoms with van der Waals surface area (Å²) in [4.78, 5) is 23.4. The molecule has 0 aromatic heterocycles. The molecule has 1 heterocycles. The minimum absolute atomic E-state index is 0.111. The van der Waals surface area contributed by atoms with E-state index >= 15 is 0 Å². The molecular formula is C17H18NO4-. The van der Waals surface area contributed by atoms with E-state index in [0.717, 1.165) is 12.0 Å². The lowest BCUT2D eigenvalue weighted by molar-refractivity contribution is -0.255. The van der Waals surface area contributed by atoms with Crippen LogP contribution in [-0.2, 0) is 9.53 Å². The number of rotatable bonds is 3. The number of carboxylic acid groups (broad SMARTS) is 1. The normalized spacial score (nSPS) is 25.1. The van der Waals surface area contributed by atoms with Crippen molar-refractivity contribution in [2.75, 3.05) is 11.9 Å². The first-order valence-corrected chi connectivity index (χ1v) is 7.49. The van der Waals surface area contributed by atoms with Gasteiger partial charge < -0.3 is 20.0 Å². The molecule has 0 spiro atoms. The Hall–Kier alpha value is -2.30. The molecule has 1 N–H and O–H groups in total. The fourth-order valence-corrected chi connectivity index (χ4v) is 3.50. The molecule has 5 heteroatoms. The molecule has 2 aliphatic rings. The second-order valence-electron chi connectivity index (χ2n) is 5.72. The summed E-state index contributed by atoms with van der Waals surface area (Å²) in [5, 5.41) is 14.4. The molecule has 3 atom stereocenters. The van der Waals surface area contributed by atoms with Gasteiger partial charge in [0.1, 0.15) is 6.04 Å². The van der Waals surface area contributed by atoms with Crippen molar-refractivity contribution in [1.29, 1.82) is 0 Å². The minimum Gasteiger partial charge on any atom is -0.545 e. The van der Waals surface area contributed by atoms with Gasteiger partial charge in [-0.3, -0.25) is 0 Å². The molecule has 1 aromatic carbocycles. The van der Waals surface area contributed by atoms with Crippen LogP contribution in [-0.4, -0.2) is 24.6 Å². The van der Waals surface area contributed by atoms with Crippen molar-refractivity contribution < 1.29 is 19.4 Å². The maximum absolute atomic E-state index is 12.2. The number of anilines is 1. The molecule has 1 aliphatic heterocycles. The zero-order chi connectivity index (χ0) is 15.9. The lowest BCUT2D eigenvalue weighted by atomic mass is 9.78. The topological polar surface area (TPSA) is 78.5 Å². The number of fused-ring (bicyclic) bond motifs is 3. The molecule has 0 bridgehead atoms. The van der Waals surface area contributed by atoms with Crippen molar-refractivity contribution in [3.8, 4) is 0 Å². The highest BCUT2D eigenvalue weighted by molar-refractivity contribution is 5.92. The van der Waals surface area contributed by atoms with Crippen LogP contribution >= 0.6 is 0 Å². The lowest BCUT2D eigenvalue weighted by Crippen LogP contribution is -2.43. The molecule has 116 valence electrons. The Morgan fingerprint density at radius 3 is 2.86 bits per heavy atom. The predicted octanol–water partition coefficient (Wildman–Crippen LogP) is 1.38. The van der Waals surface area contributed by atoms with E-state index in [0.29, 0.717) is 17.9 Å². The fourth-order valence-electron chi connectivity index (χ4n) is 3.50. The van der Waals surface area contributed by atoms with Gasteiger partial charge in [-0.05, 0) is 31.4 Å². The Labute approximate surface area is 129 Å². The second kappa shape index (κ2) is 5.48. The number of carbonyl (C=O) groups excluding carboxylic acids is 2. The van der Waals surface area contributed by atoms with Crippen molar-refractivity contribution in [3.05, 3.63) is 41.0 Å². The zero-order valence-corrected chi connectivity index (χ0v) is 12.6. The highest BCUT2D eigenvalue weighted by Crippen LogP contribution is 2.46. The van der Waals surface area contributed by atoms with E-state index in [4.69, 9.17) is 4.74 Å². The van der Waals surface area contributed by atoms with Gasteiger partial charge in [0.2, 0.25) is 0 Å². The summed E-state index contributed by atoms with van der Waals surface area (Å²) in [5.74, 6) is -1.27. The molecule has 0 saturated carbocycles. The summed E-state index contributed by atoms with van der Waals surface area (Å²) in [5.41, 5.74) is 2.49. The van der Waals surface area contributed by atoms with Gasteiger partial charge in [-0.25, -0.2) is 4.79 Å². The first kappa shape index (κ1) is 14.6. The van der Waals surface area contributed by atoms with Crippen LogP contribution in [0.4, 0.5) is 5.69 Å². The summed E-state index contributed by atoms with van der Waals surface area (Å²) in [6, 6.07) is 2.94. The monoisotopic (exact) mass is 300 g/mol. The lowest BCUT2D eigenvalue weighted by Gasteiger charge is -2.37. The number of benzene rings is 1. The Morgan fingerprint density at radius 1 is 1.41 bits per heavy atom. The van der Waals surface area contributed by atoms with Gasteiger partial charge in [-0.1, -0.05) is 24.3 Å². The van der Waals surface area contributed by atoms with Crippen LogP contribution in [0.2, 0.25) is 0 Å². The number of hydrogen-bond acceptors (Lipinski definition) is 5. The Bertz CT molecular complexity index is 665. The van der Waals surface area contributed by atoms with E-state index < -0.39 is 12.0 Å². The van der Waals surface area contributed by atoms with E-state index in [-0.39, 0.29) is 23.4 Å². The summed E-state index contributed by atoms with van der Waals surface area (Å²) >= 11 is 0. The van der Waals surface area contributed by atoms with Gasteiger partial charge in [0, 0.05) is 23.1 Å². The molecule has 0 amide bonds. The van der Waals surface area contributed by atoms with E-state index in [1.165, 1.54) is 0 Å². The maximum Gasteiger partial charge on any atom is 0.328 e. The molecule has 22 heavy (non-hydrogen) atoms. The molecular weight excluding hydrogens is 282 g/mol. The fraction of sp³-hybridized carbons (Fsp3) is 0.412. The highest BCUT2D eigenvalue weighted by Gasteiger charge is 2.42. The van der Waals surface area contributed by atoms with Crippen molar-refractivity contribution in [3.63, 3.8) is 0 Å². The average Bonchev–Trinajstić information content (AvgIpc) is 2.96. The second-order valence-corrected chi connectivity index (χ2v) is 5.72. The molecule has 0 saturated heterocycles. The minimum atomic E-state index is -1.21. The number of allylic oxidation sites excluding steroid dienone is 2. The number of carbonyl (C=O) groups is 2. The van der Waals surface area contributed by atoms with Crippen LogP contribution in [0.1, 0.15) is 40.7 Å². The molecule has 0 fully saturated rings. The number of ether oxygens (including phenoxy) is 1. The molecule has 0 unspecified atom stereocenters. The Morgan fingerprint density at radius 2 is 2.18 bits per heavy atom. The standard InChI is InChI=1S/C17H19NO4/c1-3-22-17(21)15-12-6-4-5-11(12)13-8-7-10(16(19)20)9(2)14(13)18-15/h4-5,7-8,11-12,15,18H,3,6H2,1-2H3,(H,19,20)/p-1/t11-,12+,15-/m0/s1. The van der Waals surface area contributed by atoms with Gasteiger partial charge in [-0.2, -0.15) is 0 Å². The Kier molecular flexibility index (Phi) is 3.64.